The van der Waals surface area contributed by atoms with Crippen molar-refractivity contribution in [3.63, 3.8) is 0 Å². The first-order valence-corrected chi connectivity index (χ1v) is 12.3. The van der Waals surface area contributed by atoms with Crippen LogP contribution in [0.15, 0.2) is 80.4 Å². The Bertz CT molecular complexity index is 1450. The first-order valence-electron chi connectivity index (χ1n) is 11.5. The molecular formula is C28H23BrFNO4. The van der Waals surface area contributed by atoms with E-state index >= 15 is 0 Å². The van der Waals surface area contributed by atoms with Crippen LogP contribution in [0, 0.1) is 5.82 Å². The monoisotopic (exact) mass is 535 g/mol. The molecule has 0 radical (unpaired) electrons. The zero-order valence-electron chi connectivity index (χ0n) is 19.1. The van der Waals surface area contributed by atoms with Crippen molar-refractivity contribution >= 4 is 32.8 Å². The Balaban J connectivity index is 1.61. The van der Waals surface area contributed by atoms with Crippen LogP contribution >= 0.6 is 15.9 Å². The van der Waals surface area contributed by atoms with E-state index in [1.165, 1.54) is 12.1 Å². The fraction of sp³-hybridized carbons (Fsp3) is 0.214. The van der Waals surface area contributed by atoms with Gasteiger partial charge in [-0.3, -0.25) is 9.59 Å². The zero-order valence-corrected chi connectivity index (χ0v) is 20.7. The number of amides is 1. The summed E-state index contributed by atoms with van der Waals surface area (Å²) in [6.45, 7) is 2.93. The molecule has 0 spiro atoms. The number of carbonyl (C=O) groups is 1. The van der Waals surface area contributed by atoms with Gasteiger partial charge in [0.2, 0.25) is 5.76 Å². The number of benzene rings is 3. The summed E-state index contributed by atoms with van der Waals surface area (Å²) in [7, 11) is 0. The third-order valence-electron chi connectivity index (χ3n) is 6.16. The fourth-order valence-electron chi connectivity index (χ4n) is 4.37. The SMILES string of the molecule is CCCCOc1ccc(C2c3c(oc4ccc(Br)cc4c3=O)C(=O)N2Cc2ccc(F)cc2)cc1. The lowest BCUT2D eigenvalue weighted by Gasteiger charge is -2.25. The molecule has 0 N–H and O–H groups in total. The standard InChI is InChI=1S/C28H23BrFNO4/c1-2-3-14-34-21-11-6-18(7-12-21)25-24-26(32)22-15-19(29)8-13-23(22)35-27(24)28(33)31(25)16-17-4-9-20(30)10-5-17/h4-13,15,25H,2-3,14,16H2,1H3. The maximum atomic E-state index is 13.7. The molecular weight excluding hydrogens is 513 g/mol. The van der Waals surface area contributed by atoms with Crippen LogP contribution in [-0.4, -0.2) is 17.4 Å². The Morgan fingerprint density at radius 3 is 2.49 bits per heavy atom. The molecule has 7 heteroatoms. The van der Waals surface area contributed by atoms with Crippen LogP contribution in [0.4, 0.5) is 4.39 Å². The van der Waals surface area contributed by atoms with Crippen LogP contribution < -0.4 is 10.2 Å². The van der Waals surface area contributed by atoms with Crippen molar-refractivity contribution in [1.82, 2.24) is 4.90 Å². The number of fused-ring (bicyclic) bond motifs is 2. The Hall–Kier alpha value is -3.45. The molecule has 0 fully saturated rings. The smallest absolute Gasteiger partial charge is 0.291 e. The Morgan fingerprint density at radius 2 is 1.77 bits per heavy atom. The molecule has 0 saturated carbocycles. The molecule has 35 heavy (non-hydrogen) atoms. The maximum absolute atomic E-state index is 13.7. The second-order valence-corrected chi connectivity index (χ2v) is 9.46. The summed E-state index contributed by atoms with van der Waals surface area (Å²) in [5.74, 6) is 0.0414. The molecule has 1 aliphatic rings. The van der Waals surface area contributed by atoms with Crippen LogP contribution in [0.3, 0.4) is 0 Å². The van der Waals surface area contributed by atoms with Gasteiger partial charge in [-0.2, -0.15) is 0 Å². The minimum atomic E-state index is -0.646. The van der Waals surface area contributed by atoms with Crippen molar-refractivity contribution in [2.45, 2.75) is 32.4 Å². The highest BCUT2D eigenvalue weighted by molar-refractivity contribution is 9.10. The van der Waals surface area contributed by atoms with Crippen LogP contribution in [0.25, 0.3) is 11.0 Å². The summed E-state index contributed by atoms with van der Waals surface area (Å²) in [6, 6.07) is 17.9. The first kappa shape index (κ1) is 23.3. The van der Waals surface area contributed by atoms with E-state index in [1.807, 2.05) is 24.3 Å². The lowest BCUT2D eigenvalue weighted by molar-refractivity contribution is 0.0714. The van der Waals surface area contributed by atoms with E-state index in [9.17, 15) is 14.0 Å². The highest BCUT2D eigenvalue weighted by atomic mass is 79.9. The number of rotatable bonds is 7. The number of carbonyl (C=O) groups excluding carboxylic acids is 1. The van der Waals surface area contributed by atoms with Crippen molar-refractivity contribution in [3.05, 3.63) is 110 Å². The van der Waals surface area contributed by atoms with E-state index in [2.05, 4.69) is 22.9 Å². The van der Waals surface area contributed by atoms with Crippen LogP contribution in [0.1, 0.15) is 53.1 Å². The molecule has 3 aromatic carbocycles. The van der Waals surface area contributed by atoms with Gasteiger partial charge in [0.1, 0.15) is 17.1 Å². The van der Waals surface area contributed by atoms with Crippen LogP contribution in [-0.2, 0) is 6.54 Å². The van der Waals surface area contributed by atoms with Gasteiger partial charge < -0.3 is 14.1 Å². The van der Waals surface area contributed by atoms with Gasteiger partial charge in [-0.25, -0.2) is 4.39 Å². The number of ether oxygens (including phenoxy) is 1. The molecule has 0 aliphatic carbocycles. The lowest BCUT2D eigenvalue weighted by Crippen LogP contribution is -2.29. The molecule has 5 nitrogen and oxygen atoms in total. The highest BCUT2D eigenvalue weighted by Gasteiger charge is 2.42. The minimum Gasteiger partial charge on any atom is -0.494 e. The molecule has 2 heterocycles. The highest BCUT2D eigenvalue weighted by Crippen LogP contribution is 2.39. The van der Waals surface area contributed by atoms with Crippen molar-refractivity contribution < 1.29 is 18.3 Å². The fourth-order valence-corrected chi connectivity index (χ4v) is 4.73. The zero-order chi connectivity index (χ0) is 24.5. The molecule has 4 aromatic rings. The van der Waals surface area contributed by atoms with Gasteiger partial charge in [0.25, 0.3) is 5.91 Å². The Morgan fingerprint density at radius 1 is 1.03 bits per heavy atom. The summed E-state index contributed by atoms with van der Waals surface area (Å²) in [5, 5.41) is 0.402. The number of hydrogen-bond donors (Lipinski definition) is 0. The van der Waals surface area contributed by atoms with E-state index in [0.717, 1.165) is 34.2 Å². The number of nitrogens with zero attached hydrogens (tertiary/aromatic N) is 1. The van der Waals surface area contributed by atoms with E-state index in [0.29, 0.717) is 23.1 Å². The van der Waals surface area contributed by atoms with Crippen molar-refractivity contribution in [2.75, 3.05) is 6.61 Å². The summed E-state index contributed by atoms with van der Waals surface area (Å²) in [6.07, 6.45) is 2.00. The third kappa shape index (κ3) is 4.48. The van der Waals surface area contributed by atoms with E-state index in [-0.39, 0.29) is 29.5 Å². The van der Waals surface area contributed by atoms with E-state index in [1.54, 1.807) is 35.2 Å². The average Bonchev–Trinajstić information content (AvgIpc) is 3.13. The van der Waals surface area contributed by atoms with Gasteiger partial charge in [0.15, 0.2) is 5.43 Å². The molecule has 1 aromatic heterocycles. The lowest BCUT2D eigenvalue weighted by atomic mass is 9.98. The summed E-state index contributed by atoms with van der Waals surface area (Å²) in [5.41, 5.74) is 1.93. The molecule has 0 bridgehead atoms. The third-order valence-corrected chi connectivity index (χ3v) is 6.65. The predicted molar refractivity (Wildman–Crippen MR) is 135 cm³/mol. The quantitative estimate of drug-likeness (QED) is 0.249. The van der Waals surface area contributed by atoms with Gasteiger partial charge in [0, 0.05) is 11.0 Å². The Kier molecular flexibility index (Phi) is 6.43. The van der Waals surface area contributed by atoms with Crippen molar-refractivity contribution in [1.29, 1.82) is 0 Å². The minimum absolute atomic E-state index is 0.0419. The Labute approximate surface area is 210 Å². The van der Waals surface area contributed by atoms with Gasteiger partial charge in [-0.15, -0.1) is 0 Å². The molecule has 1 aliphatic heterocycles. The van der Waals surface area contributed by atoms with Gasteiger partial charge in [-0.1, -0.05) is 53.5 Å². The number of halogens is 2. The van der Waals surface area contributed by atoms with Gasteiger partial charge in [0.05, 0.1) is 23.6 Å². The summed E-state index contributed by atoms with van der Waals surface area (Å²) < 4.78 is 26.0. The first-order chi connectivity index (χ1) is 17.0. The molecule has 1 atom stereocenters. The second-order valence-electron chi connectivity index (χ2n) is 8.55. The molecule has 0 saturated heterocycles. The molecule has 1 amide bonds. The van der Waals surface area contributed by atoms with Crippen molar-refractivity contribution in [3.8, 4) is 5.75 Å². The normalized spacial score (nSPS) is 15.0. The predicted octanol–water partition coefficient (Wildman–Crippen LogP) is 6.62. The molecule has 5 rings (SSSR count). The van der Waals surface area contributed by atoms with Gasteiger partial charge >= 0.3 is 0 Å². The molecule has 178 valence electrons. The maximum Gasteiger partial charge on any atom is 0.291 e. The largest absolute Gasteiger partial charge is 0.494 e. The summed E-state index contributed by atoms with van der Waals surface area (Å²) in [4.78, 5) is 28.8. The topological polar surface area (TPSA) is 59.8 Å². The van der Waals surface area contributed by atoms with Crippen LogP contribution in [0.2, 0.25) is 0 Å². The average molecular weight is 536 g/mol. The molecule has 1 unspecified atom stereocenters. The number of unbranched alkanes of at least 4 members (excludes halogenated alkanes) is 1. The second kappa shape index (κ2) is 9.66. The van der Waals surface area contributed by atoms with Gasteiger partial charge in [-0.05, 0) is 60.0 Å². The van der Waals surface area contributed by atoms with Crippen molar-refractivity contribution in [2.24, 2.45) is 0 Å². The van der Waals surface area contributed by atoms with E-state index < -0.39 is 6.04 Å². The van der Waals surface area contributed by atoms with Crippen LogP contribution in [0.5, 0.6) is 5.75 Å². The number of hydrogen-bond acceptors (Lipinski definition) is 4. The summed E-state index contributed by atoms with van der Waals surface area (Å²) >= 11 is 3.41. The van der Waals surface area contributed by atoms with E-state index in [4.69, 9.17) is 9.15 Å².